The topological polar surface area (TPSA) is 85.6 Å². The third-order valence-electron chi connectivity index (χ3n) is 6.62. The number of carbonyl (C=O) groups excluding carboxylic acids is 2. The van der Waals surface area contributed by atoms with Gasteiger partial charge in [0, 0.05) is 29.1 Å². The van der Waals surface area contributed by atoms with Gasteiger partial charge in [-0.05, 0) is 61.4 Å². The Morgan fingerprint density at radius 1 is 1.12 bits per heavy atom. The van der Waals surface area contributed by atoms with E-state index < -0.39 is 5.82 Å². The molecule has 34 heavy (non-hydrogen) atoms. The summed E-state index contributed by atoms with van der Waals surface area (Å²) in [4.78, 5) is 37.6. The van der Waals surface area contributed by atoms with Crippen molar-refractivity contribution in [2.24, 2.45) is 5.41 Å². The van der Waals surface area contributed by atoms with Gasteiger partial charge in [-0.2, -0.15) is 0 Å². The molecule has 3 aliphatic carbocycles. The number of Topliss-reactive ketones (excluding diaryl/α,β-unsaturated/α-hetero) is 1. The molecule has 9 heteroatoms. The Morgan fingerprint density at radius 2 is 1.85 bits per heavy atom. The Kier molecular flexibility index (Phi) is 5.45. The summed E-state index contributed by atoms with van der Waals surface area (Å²) in [6.45, 7) is 1.55. The first kappa shape index (κ1) is 22.9. The van der Waals surface area contributed by atoms with Crippen LogP contribution in [0, 0.1) is 18.2 Å². The number of rotatable bonds is 7. The van der Waals surface area contributed by atoms with E-state index in [9.17, 15) is 18.8 Å². The van der Waals surface area contributed by atoms with Gasteiger partial charge in [-0.25, -0.2) is 4.39 Å². The molecular weight excluding hydrogens is 484 g/mol. The fraction of sp³-hybridized carbons (Fsp3) is 0.320. The highest BCUT2D eigenvalue weighted by Crippen LogP contribution is 2.69. The molecule has 0 atom stereocenters. The van der Waals surface area contributed by atoms with Crippen LogP contribution in [0.25, 0.3) is 11.0 Å². The van der Waals surface area contributed by atoms with E-state index in [4.69, 9.17) is 32.4 Å². The van der Waals surface area contributed by atoms with Crippen molar-refractivity contribution in [3.8, 4) is 5.75 Å². The number of nitrogens with one attached hydrogen (secondary N) is 1. The van der Waals surface area contributed by atoms with Crippen LogP contribution < -0.4 is 15.5 Å². The average Bonchev–Trinajstić information content (AvgIpc) is 2.73. The zero-order valence-electron chi connectivity index (χ0n) is 18.2. The Balaban J connectivity index is 1.17. The van der Waals surface area contributed by atoms with Crippen LogP contribution in [0.3, 0.4) is 0 Å². The minimum absolute atomic E-state index is 0.0204. The first-order valence-corrected chi connectivity index (χ1v) is 11.5. The normalized spacial score (nSPS) is 22.6. The molecule has 3 saturated carbocycles. The van der Waals surface area contributed by atoms with Crippen molar-refractivity contribution in [2.45, 2.75) is 38.1 Å². The van der Waals surface area contributed by atoms with E-state index in [2.05, 4.69) is 5.32 Å². The molecule has 176 valence electrons. The number of halogens is 3. The van der Waals surface area contributed by atoms with Crippen LogP contribution in [0.2, 0.25) is 10.0 Å². The van der Waals surface area contributed by atoms with Crippen molar-refractivity contribution in [1.29, 1.82) is 0 Å². The number of hydrogen-bond donors (Lipinski definition) is 1. The summed E-state index contributed by atoms with van der Waals surface area (Å²) in [6.07, 6.45) is 2.24. The summed E-state index contributed by atoms with van der Waals surface area (Å²) >= 11 is 11.7. The molecule has 0 unspecified atom stereocenters. The zero-order valence-corrected chi connectivity index (χ0v) is 19.7. The van der Waals surface area contributed by atoms with Gasteiger partial charge in [0.15, 0.2) is 23.6 Å². The number of amides is 1. The van der Waals surface area contributed by atoms with Gasteiger partial charge in [0.2, 0.25) is 0 Å². The fourth-order valence-electron chi connectivity index (χ4n) is 5.21. The molecule has 2 aromatic carbocycles. The van der Waals surface area contributed by atoms with Crippen molar-refractivity contribution in [1.82, 2.24) is 5.32 Å². The third-order valence-corrected chi connectivity index (χ3v) is 7.34. The highest BCUT2D eigenvalue weighted by atomic mass is 35.5. The Morgan fingerprint density at radius 3 is 2.56 bits per heavy atom. The van der Waals surface area contributed by atoms with Crippen LogP contribution in [0.4, 0.5) is 4.39 Å². The van der Waals surface area contributed by atoms with Crippen molar-refractivity contribution < 1.29 is 23.1 Å². The number of fused-ring (bicyclic) bond motifs is 1. The fourth-order valence-corrected chi connectivity index (χ4v) is 5.49. The van der Waals surface area contributed by atoms with Gasteiger partial charge in [-0.1, -0.05) is 23.2 Å². The van der Waals surface area contributed by atoms with E-state index in [1.165, 1.54) is 18.2 Å². The standard InChI is InChI=1S/C25H20Cl2FNO5/c1-13-4-21-15(6-17(13)27)19(30)7-22(34-21)20(31)8-24-10-25(11-24,12-24)29-23(32)9-33-14-2-3-16(26)18(28)5-14/h2-7H,8-12H2,1H3,(H,29,32). The van der Waals surface area contributed by atoms with E-state index >= 15 is 0 Å². The Labute approximate surface area is 204 Å². The van der Waals surface area contributed by atoms with Crippen LogP contribution >= 0.6 is 23.2 Å². The second kappa shape index (κ2) is 8.10. The number of aryl methyl sites for hydroxylation is 1. The van der Waals surface area contributed by atoms with Crippen molar-refractivity contribution in [2.75, 3.05) is 6.61 Å². The van der Waals surface area contributed by atoms with E-state index in [1.54, 1.807) is 19.1 Å². The highest BCUT2D eigenvalue weighted by molar-refractivity contribution is 6.32. The molecule has 2 bridgehead atoms. The molecule has 6 nitrogen and oxygen atoms in total. The first-order chi connectivity index (χ1) is 16.1. The minimum Gasteiger partial charge on any atom is -0.484 e. The molecule has 3 fully saturated rings. The number of carbonyl (C=O) groups is 2. The maximum absolute atomic E-state index is 13.5. The molecule has 1 heterocycles. The Hall–Kier alpha value is -2.90. The van der Waals surface area contributed by atoms with Crippen LogP contribution in [0.5, 0.6) is 5.75 Å². The zero-order chi connectivity index (χ0) is 24.3. The van der Waals surface area contributed by atoms with Crippen LogP contribution in [0.15, 0.2) is 45.6 Å². The van der Waals surface area contributed by atoms with Gasteiger partial charge in [-0.3, -0.25) is 14.4 Å². The van der Waals surface area contributed by atoms with Gasteiger partial charge in [0.1, 0.15) is 17.1 Å². The first-order valence-electron chi connectivity index (χ1n) is 10.7. The van der Waals surface area contributed by atoms with Gasteiger partial charge < -0.3 is 14.5 Å². The molecule has 1 N–H and O–H groups in total. The number of ether oxygens (including phenoxy) is 1. The highest BCUT2D eigenvalue weighted by Gasteiger charge is 2.68. The van der Waals surface area contributed by atoms with Crippen molar-refractivity contribution in [3.63, 3.8) is 0 Å². The van der Waals surface area contributed by atoms with E-state index in [1.807, 2.05) is 0 Å². The van der Waals surface area contributed by atoms with Gasteiger partial charge in [0.25, 0.3) is 5.91 Å². The summed E-state index contributed by atoms with van der Waals surface area (Å²) in [6, 6.07) is 8.39. The van der Waals surface area contributed by atoms with Gasteiger partial charge >= 0.3 is 0 Å². The molecule has 1 aromatic heterocycles. The summed E-state index contributed by atoms with van der Waals surface area (Å²) in [5.41, 5.74) is 0.232. The second-order valence-corrected chi connectivity index (χ2v) is 10.2. The molecule has 1 amide bonds. The maximum Gasteiger partial charge on any atom is 0.258 e. The second-order valence-electron chi connectivity index (χ2n) is 9.40. The summed E-state index contributed by atoms with van der Waals surface area (Å²) < 4.78 is 24.5. The van der Waals surface area contributed by atoms with Gasteiger partial charge in [0.05, 0.1) is 10.4 Å². The lowest BCUT2D eigenvalue weighted by Gasteiger charge is -2.70. The molecule has 0 aliphatic heterocycles. The molecule has 6 rings (SSSR count). The lowest BCUT2D eigenvalue weighted by Crippen LogP contribution is -2.75. The molecule has 0 saturated heterocycles. The lowest BCUT2D eigenvalue weighted by molar-refractivity contribution is -0.164. The quantitative estimate of drug-likeness (QED) is 0.445. The monoisotopic (exact) mass is 503 g/mol. The molecule has 0 radical (unpaired) electrons. The summed E-state index contributed by atoms with van der Waals surface area (Å²) in [5.74, 6) is -0.924. The van der Waals surface area contributed by atoms with Crippen LogP contribution in [0.1, 0.15) is 41.8 Å². The lowest BCUT2D eigenvalue weighted by atomic mass is 9.38. The van der Waals surface area contributed by atoms with Gasteiger partial charge in [-0.15, -0.1) is 0 Å². The number of hydrogen-bond acceptors (Lipinski definition) is 5. The summed E-state index contributed by atoms with van der Waals surface area (Å²) in [7, 11) is 0. The minimum atomic E-state index is -0.619. The van der Waals surface area contributed by atoms with E-state index in [-0.39, 0.29) is 57.6 Å². The molecular formula is C25H20Cl2FNO5. The smallest absolute Gasteiger partial charge is 0.258 e. The third kappa shape index (κ3) is 4.07. The largest absolute Gasteiger partial charge is 0.484 e. The van der Waals surface area contributed by atoms with Crippen molar-refractivity contribution >= 4 is 45.9 Å². The van der Waals surface area contributed by atoms with Crippen LogP contribution in [-0.4, -0.2) is 23.8 Å². The predicted octanol–water partition coefficient (Wildman–Crippen LogP) is 5.24. The van der Waals surface area contributed by atoms with Crippen molar-refractivity contribution in [3.05, 3.63) is 73.8 Å². The number of benzene rings is 2. The molecule has 3 aliphatic rings. The average molecular weight is 504 g/mol. The number of ketones is 1. The molecule has 0 spiro atoms. The van der Waals surface area contributed by atoms with E-state index in [0.717, 1.165) is 11.6 Å². The maximum atomic E-state index is 13.5. The predicted molar refractivity (Wildman–Crippen MR) is 125 cm³/mol. The Bertz CT molecular complexity index is 1400. The van der Waals surface area contributed by atoms with E-state index in [0.29, 0.717) is 35.3 Å². The SMILES string of the molecule is Cc1cc2oc(C(=O)CC34CC(NC(=O)COc5ccc(Cl)c(F)c5)(C3)C4)cc(=O)c2cc1Cl. The molecule has 3 aromatic rings. The van der Waals surface area contributed by atoms with Crippen LogP contribution in [-0.2, 0) is 4.79 Å². The summed E-state index contributed by atoms with van der Waals surface area (Å²) in [5, 5.41) is 3.74.